The number of ether oxygens (including phenoxy) is 2. The number of H-pyrrole nitrogens is 1. The summed E-state index contributed by atoms with van der Waals surface area (Å²) in [5.41, 5.74) is -0.678. The number of aromatic amines is 1. The summed E-state index contributed by atoms with van der Waals surface area (Å²) < 4.78 is 53.6. The zero-order valence-electron chi connectivity index (χ0n) is 30.0. The summed E-state index contributed by atoms with van der Waals surface area (Å²) in [4.78, 5) is 41.0. The molecule has 5 fully saturated rings. The molecule has 0 saturated carbocycles. The van der Waals surface area contributed by atoms with Gasteiger partial charge in [-0.05, 0) is 76.2 Å². The molecule has 0 spiro atoms. The van der Waals surface area contributed by atoms with Gasteiger partial charge >= 0.3 is 5.69 Å². The number of halogens is 3. The Kier molecular flexibility index (Phi) is 10.7. The van der Waals surface area contributed by atoms with Crippen molar-refractivity contribution in [1.82, 2.24) is 30.1 Å². The van der Waals surface area contributed by atoms with Gasteiger partial charge in [0.25, 0.3) is 6.47 Å². The Morgan fingerprint density at radius 1 is 1.11 bits per heavy atom. The van der Waals surface area contributed by atoms with Crippen molar-refractivity contribution < 1.29 is 27.4 Å². The van der Waals surface area contributed by atoms with Gasteiger partial charge in [-0.15, -0.1) is 6.42 Å². The normalized spacial score (nSPS) is 25.3. The number of piperazine rings is 1. The van der Waals surface area contributed by atoms with Crippen molar-refractivity contribution in [3.8, 4) is 29.4 Å². The molecule has 5 aliphatic heterocycles. The van der Waals surface area contributed by atoms with Crippen LogP contribution in [-0.4, -0.2) is 115 Å². The van der Waals surface area contributed by atoms with Crippen molar-refractivity contribution in [3.63, 3.8) is 0 Å². The molecule has 4 aromatic rings. The quantitative estimate of drug-likeness (QED) is 0.231. The Bertz CT molecular complexity index is 2090. The van der Waals surface area contributed by atoms with Gasteiger partial charge in [0.1, 0.15) is 29.3 Å². The van der Waals surface area contributed by atoms with Gasteiger partial charge in [0, 0.05) is 67.5 Å². The van der Waals surface area contributed by atoms with E-state index in [1.165, 1.54) is 43.3 Å². The molecular weight excluding hydrogens is 687 g/mol. The molecule has 2 aromatic heterocycles. The number of terminal acetylenes is 1. The van der Waals surface area contributed by atoms with Gasteiger partial charge < -0.3 is 29.6 Å². The van der Waals surface area contributed by atoms with E-state index in [4.69, 9.17) is 15.9 Å². The molecule has 9 rings (SSSR count). The van der Waals surface area contributed by atoms with Crippen LogP contribution in [0.5, 0.6) is 5.75 Å². The molecule has 4 atom stereocenters. The van der Waals surface area contributed by atoms with Crippen molar-refractivity contribution in [1.29, 1.82) is 0 Å². The van der Waals surface area contributed by atoms with Gasteiger partial charge in [-0.1, -0.05) is 12.0 Å². The van der Waals surface area contributed by atoms with Crippen LogP contribution in [0.4, 0.5) is 19.0 Å². The van der Waals surface area contributed by atoms with E-state index in [0.29, 0.717) is 36.2 Å². The monoisotopic (exact) mass is 731 g/mol. The lowest BCUT2D eigenvalue weighted by Crippen LogP contribution is -2.51. The number of benzene rings is 2. The molecule has 2 N–H and O–H groups in total. The average molecular weight is 732 g/mol. The molecule has 7 heterocycles. The van der Waals surface area contributed by atoms with Crippen LogP contribution >= 0.6 is 0 Å². The molecule has 53 heavy (non-hydrogen) atoms. The second-order valence-electron chi connectivity index (χ2n) is 14.7. The van der Waals surface area contributed by atoms with Crippen molar-refractivity contribution in [2.45, 2.75) is 62.8 Å². The fraction of sp³-hybridized carbons (Fsp3) is 0.487. The number of pyridine rings is 1. The van der Waals surface area contributed by atoms with E-state index >= 15 is 4.39 Å². The minimum absolute atomic E-state index is 0.0746. The van der Waals surface area contributed by atoms with E-state index in [0.717, 1.165) is 52.1 Å². The number of carbonyl (C=O) groups excluding carboxylic acids is 1. The van der Waals surface area contributed by atoms with E-state index in [9.17, 15) is 18.4 Å². The SMILES string of the molecule is C#Cc1c(F)ccc2cc(OC=O)cc(-c3ncc4c(N5CC6CCC(C5)N6)nc(=O)[nH]c4c3F)c12.CN1CCOCC1.C[C@@]12CCCN1C[C@H](F)C2. The molecule has 5 saturated heterocycles. The highest BCUT2D eigenvalue weighted by molar-refractivity contribution is 6.03. The highest BCUT2D eigenvalue weighted by Crippen LogP contribution is 2.40. The van der Waals surface area contributed by atoms with Crippen LogP contribution in [0.3, 0.4) is 0 Å². The third-order valence-electron chi connectivity index (χ3n) is 11.1. The number of aromatic nitrogens is 3. The van der Waals surface area contributed by atoms with E-state index in [2.05, 4.69) is 50.0 Å². The number of alkyl halides is 1. The van der Waals surface area contributed by atoms with E-state index in [1.807, 2.05) is 4.90 Å². The third-order valence-corrected chi connectivity index (χ3v) is 11.1. The Morgan fingerprint density at radius 2 is 1.87 bits per heavy atom. The Hall–Kier alpha value is -4.55. The Labute approximate surface area is 305 Å². The molecule has 14 heteroatoms. The first-order valence-corrected chi connectivity index (χ1v) is 18.2. The summed E-state index contributed by atoms with van der Waals surface area (Å²) in [7, 11) is 2.11. The first-order chi connectivity index (χ1) is 25.6. The number of rotatable bonds is 4. The standard InChI is InChI=1S/C26H19F2N5O3.C8H14FN.C5H11NO/c1-2-17-20(27)6-3-13-7-16(36-12-34)8-18(21(13)17)23-22(28)24-19(9-29-23)25(32-26(35)31-24)33-10-14-4-5-15(11-33)30-14;1-8-3-2-4-10(8)6-7(9)5-8;1-6-2-4-7-5-3-6/h1,3,6-9,12,14-15,30H,4-5,10-11H2,(H,31,32,35);7H,2-6H2,1H3;2-5H2,1H3/t;7-,8+;/m.1./s1. The van der Waals surface area contributed by atoms with Crippen LogP contribution in [0.1, 0.15) is 44.6 Å². The highest BCUT2D eigenvalue weighted by Gasteiger charge is 2.44. The highest BCUT2D eigenvalue weighted by atomic mass is 19.1. The number of nitrogens with zero attached hydrogens (tertiary/aromatic N) is 5. The fourth-order valence-electron chi connectivity index (χ4n) is 8.39. The fourth-order valence-corrected chi connectivity index (χ4v) is 8.39. The van der Waals surface area contributed by atoms with Crippen molar-refractivity contribution in [2.75, 3.05) is 64.4 Å². The number of morpholine rings is 1. The molecule has 0 amide bonds. The molecule has 2 unspecified atom stereocenters. The second kappa shape index (κ2) is 15.4. The van der Waals surface area contributed by atoms with Crippen molar-refractivity contribution in [2.24, 2.45) is 0 Å². The molecule has 0 radical (unpaired) electrons. The Morgan fingerprint density at radius 3 is 2.53 bits per heavy atom. The maximum absolute atomic E-state index is 16.1. The molecule has 2 bridgehead atoms. The minimum atomic E-state index is -0.830. The van der Waals surface area contributed by atoms with Crippen LogP contribution in [0.25, 0.3) is 32.9 Å². The largest absolute Gasteiger partial charge is 0.429 e. The zero-order valence-corrected chi connectivity index (χ0v) is 30.0. The summed E-state index contributed by atoms with van der Waals surface area (Å²) in [6, 6.07) is 6.06. The van der Waals surface area contributed by atoms with E-state index < -0.39 is 23.5 Å². The van der Waals surface area contributed by atoms with E-state index in [-0.39, 0.29) is 57.6 Å². The van der Waals surface area contributed by atoms with Crippen LogP contribution in [0.15, 0.2) is 35.3 Å². The predicted octanol–water partition coefficient (Wildman–Crippen LogP) is 4.40. The predicted molar refractivity (Wildman–Crippen MR) is 197 cm³/mol. The lowest BCUT2D eigenvalue weighted by atomic mass is 9.95. The summed E-state index contributed by atoms with van der Waals surface area (Å²) in [5, 5.41) is 4.53. The number of hydrogen-bond acceptors (Lipinski definition) is 10. The summed E-state index contributed by atoms with van der Waals surface area (Å²) >= 11 is 0. The summed E-state index contributed by atoms with van der Waals surface area (Å²) in [6.07, 6.45) is 11.8. The molecule has 11 nitrogen and oxygen atoms in total. The topological polar surface area (TPSA) is 116 Å². The summed E-state index contributed by atoms with van der Waals surface area (Å²) in [6.45, 7) is 9.55. The van der Waals surface area contributed by atoms with Gasteiger partial charge in [0.15, 0.2) is 5.82 Å². The number of carbonyl (C=O) groups is 1. The first-order valence-electron chi connectivity index (χ1n) is 18.2. The summed E-state index contributed by atoms with van der Waals surface area (Å²) in [5.74, 6) is 1.29. The Balaban J connectivity index is 0.000000208. The molecule has 280 valence electrons. The molecule has 5 aliphatic rings. The molecule has 2 aromatic carbocycles. The molecular formula is C39H44F3N7O4. The van der Waals surface area contributed by atoms with Gasteiger partial charge in [-0.3, -0.25) is 14.7 Å². The van der Waals surface area contributed by atoms with Gasteiger partial charge in [-0.25, -0.2) is 18.0 Å². The second-order valence-corrected chi connectivity index (χ2v) is 14.7. The third kappa shape index (κ3) is 7.62. The van der Waals surface area contributed by atoms with E-state index in [1.54, 1.807) is 0 Å². The number of hydrogen-bond donors (Lipinski definition) is 2. The van der Waals surface area contributed by atoms with Crippen LogP contribution in [0.2, 0.25) is 0 Å². The zero-order chi connectivity index (χ0) is 37.3. The lowest BCUT2D eigenvalue weighted by molar-refractivity contribution is -0.120. The number of nitrogens with one attached hydrogen (secondary N) is 2. The van der Waals surface area contributed by atoms with Crippen LogP contribution < -0.4 is 20.6 Å². The van der Waals surface area contributed by atoms with Gasteiger partial charge in [0.05, 0.1) is 29.7 Å². The van der Waals surface area contributed by atoms with Crippen molar-refractivity contribution in [3.05, 3.63) is 58.1 Å². The van der Waals surface area contributed by atoms with Crippen molar-refractivity contribution >= 4 is 34.0 Å². The maximum atomic E-state index is 16.1. The van der Waals surface area contributed by atoms with Crippen LogP contribution in [0, 0.1) is 24.0 Å². The number of fused-ring (bicyclic) bond motifs is 5. The molecule has 0 aliphatic carbocycles. The first kappa shape index (κ1) is 36.8. The number of anilines is 1. The van der Waals surface area contributed by atoms with Crippen LogP contribution in [-0.2, 0) is 9.53 Å². The lowest BCUT2D eigenvalue weighted by Gasteiger charge is -2.34. The minimum Gasteiger partial charge on any atom is -0.429 e. The maximum Gasteiger partial charge on any atom is 0.347 e. The van der Waals surface area contributed by atoms with Gasteiger partial charge in [-0.2, -0.15) is 4.98 Å². The average Bonchev–Trinajstić information content (AvgIpc) is 3.77. The number of likely N-dealkylation sites (N-methyl/N-ethyl adjacent to an activating group) is 1. The van der Waals surface area contributed by atoms with Gasteiger partial charge in [0.2, 0.25) is 0 Å². The smallest absolute Gasteiger partial charge is 0.347 e.